The van der Waals surface area contributed by atoms with Crippen LogP contribution in [-0.4, -0.2) is 137 Å². The van der Waals surface area contributed by atoms with Crippen molar-refractivity contribution in [1.29, 1.82) is 0 Å². The van der Waals surface area contributed by atoms with Crippen LogP contribution in [0.2, 0.25) is 0 Å². The van der Waals surface area contributed by atoms with Crippen molar-refractivity contribution in [2.75, 3.05) is 40.8 Å². The van der Waals surface area contributed by atoms with Crippen LogP contribution in [0.4, 0.5) is 17.6 Å². The third kappa shape index (κ3) is 13.4. The summed E-state index contributed by atoms with van der Waals surface area (Å²) in [7, 11) is -7.33. The Balaban J connectivity index is 0.000000437. The van der Waals surface area contributed by atoms with Gasteiger partial charge in [-0.05, 0) is 41.5 Å². The molecule has 4 rings (SSSR count). The van der Waals surface area contributed by atoms with Crippen molar-refractivity contribution >= 4 is 25.7 Å². The fourth-order valence-electron chi connectivity index (χ4n) is 5.03. The van der Waals surface area contributed by atoms with Crippen LogP contribution in [0, 0.1) is 0 Å². The number of halogens is 4. The minimum Gasteiger partial charge on any atom is -0.397 e. The van der Waals surface area contributed by atoms with Crippen molar-refractivity contribution in [2.24, 2.45) is 0 Å². The molecule has 22 heteroatoms. The SMILES string of the molecule is CCO.CCO.CO[C@@H]1O[C@H](CC(F)[P+](C)=O)[C@H]2OC(C)(C)O[C@@H]12.CO[C@@H]1O[C@H](CC(OS(=O)(=O)C(F)(F)F)[P+](C)=O)[C@H]2OC(C)(C)O[C@@H]12. The van der Waals surface area contributed by atoms with Gasteiger partial charge in [0.1, 0.15) is 37.7 Å². The van der Waals surface area contributed by atoms with E-state index < -0.39 is 98.0 Å². The summed E-state index contributed by atoms with van der Waals surface area (Å²) in [5.74, 6) is -4.82. The van der Waals surface area contributed by atoms with Gasteiger partial charge in [0, 0.05) is 27.4 Å². The molecule has 0 amide bonds. The third-order valence-corrected chi connectivity index (χ3v) is 10.2. The molecule has 0 aromatic heterocycles. The van der Waals surface area contributed by atoms with Gasteiger partial charge in [0.15, 0.2) is 24.2 Å². The number of hydrogen-bond acceptors (Lipinski definition) is 15. The van der Waals surface area contributed by atoms with E-state index in [1.165, 1.54) is 20.9 Å². The predicted octanol–water partition coefficient (Wildman–Crippen LogP) is 3.94. The van der Waals surface area contributed by atoms with E-state index in [4.69, 9.17) is 48.1 Å². The third-order valence-electron chi connectivity index (χ3n) is 6.86. The maximum atomic E-state index is 13.6. The van der Waals surface area contributed by atoms with E-state index in [1.807, 2.05) is 0 Å². The fourth-order valence-corrected chi connectivity index (χ4v) is 7.35. The lowest BCUT2D eigenvalue weighted by Crippen LogP contribution is -2.35. The smallest absolute Gasteiger partial charge is 0.397 e. The Morgan fingerprint density at radius 2 is 1.10 bits per heavy atom. The summed E-state index contributed by atoms with van der Waals surface area (Å²) < 4.78 is 144. The van der Waals surface area contributed by atoms with Crippen molar-refractivity contribution < 1.29 is 87.4 Å². The van der Waals surface area contributed by atoms with Crippen LogP contribution in [-0.2, 0) is 61.3 Å². The second kappa shape index (κ2) is 19.5. The molecule has 12 atom stereocenters. The molecule has 15 nitrogen and oxygen atoms in total. The molecule has 4 heterocycles. The summed E-state index contributed by atoms with van der Waals surface area (Å²) in [5.41, 5.74) is -5.61. The lowest BCUT2D eigenvalue weighted by molar-refractivity contribution is -0.228. The van der Waals surface area contributed by atoms with Gasteiger partial charge in [0.05, 0.1) is 25.0 Å². The van der Waals surface area contributed by atoms with E-state index in [0.29, 0.717) is 0 Å². The van der Waals surface area contributed by atoms with Gasteiger partial charge in [-0.1, -0.05) is 9.13 Å². The summed E-state index contributed by atoms with van der Waals surface area (Å²) in [6.07, 6.45) is -5.31. The molecular weight excluding hydrogens is 734 g/mol. The summed E-state index contributed by atoms with van der Waals surface area (Å²) in [6, 6.07) is 0. The van der Waals surface area contributed by atoms with Gasteiger partial charge in [-0.3, -0.25) is 0 Å². The van der Waals surface area contributed by atoms with Gasteiger partial charge >= 0.3 is 31.2 Å². The molecule has 0 aromatic rings. The minimum atomic E-state index is -5.89. The number of hydrogen-bond donors (Lipinski definition) is 2. The lowest BCUT2D eigenvalue weighted by Gasteiger charge is -2.23. The average Bonchev–Trinajstić information content (AvgIpc) is 3.65. The van der Waals surface area contributed by atoms with Crippen molar-refractivity contribution in [3.8, 4) is 0 Å². The number of ether oxygens (including phenoxy) is 8. The van der Waals surface area contributed by atoms with Crippen molar-refractivity contribution in [1.82, 2.24) is 0 Å². The molecule has 0 aromatic carbocycles. The normalized spacial score (nSPS) is 33.0. The highest BCUT2D eigenvalue weighted by Crippen LogP contribution is 2.44. The van der Waals surface area contributed by atoms with Gasteiger partial charge in [0.25, 0.3) is 11.8 Å². The molecule has 0 saturated carbocycles. The van der Waals surface area contributed by atoms with Gasteiger partial charge in [0.2, 0.25) is 0 Å². The number of fused-ring (bicyclic) bond motifs is 2. The first-order valence-corrected chi connectivity index (χ1v) is 20.1. The first kappa shape index (κ1) is 46.5. The number of aliphatic hydroxyl groups excluding tert-OH is 2. The van der Waals surface area contributed by atoms with Crippen LogP contribution in [0.1, 0.15) is 54.4 Å². The monoisotopic (exact) mass is 784 g/mol. The Morgan fingerprint density at radius 1 is 0.755 bits per heavy atom. The Labute approximate surface area is 286 Å². The molecule has 0 spiro atoms. The molecule has 290 valence electrons. The van der Waals surface area contributed by atoms with Crippen LogP contribution in [0.3, 0.4) is 0 Å². The Kier molecular flexibility index (Phi) is 18.5. The van der Waals surface area contributed by atoms with Crippen LogP contribution in [0.5, 0.6) is 0 Å². The zero-order valence-corrected chi connectivity index (χ0v) is 31.7. The quantitative estimate of drug-likeness (QED) is 0.140. The van der Waals surface area contributed by atoms with E-state index in [9.17, 15) is 35.1 Å². The van der Waals surface area contributed by atoms with Gasteiger partial charge in [-0.15, -0.1) is 0 Å². The summed E-state index contributed by atoms with van der Waals surface area (Å²) in [6.45, 7) is 13.2. The molecule has 4 fully saturated rings. The molecule has 4 aliphatic heterocycles. The average molecular weight is 785 g/mol. The highest BCUT2D eigenvalue weighted by molar-refractivity contribution is 7.87. The summed E-state index contributed by atoms with van der Waals surface area (Å²) >= 11 is 0. The van der Waals surface area contributed by atoms with Gasteiger partial charge in [-0.25, -0.2) is 4.18 Å². The molecule has 0 bridgehead atoms. The first-order valence-electron chi connectivity index (χ1n) is 15.2. The second-order valence-electron chi connectivity index (χ2n) is 11.8. The number of methoxy groups -OCH3 is 2. The number of rotatable bonds is 10. The molecule has 0 aliphatic carbocycles. The van der Waals surface area contributed by atoms with Gasteiger partial charge < -0.3 is 48.1 Å². The fraction of sp³-hybridized carbons (Fsp3) is 1.00. The van der Waals surface area contributed by atoms with E-state index in [-0.39, 0.29) is 31.8 Å². The minimum absolute atomic E-state index is 0.0339. The maximum absolute atomic E-state index is 13.6. The highest BCUT2D eigenvalue weighted by Gasteiger charge is 2.59. The molecular formula is C27H50F4O15P2S+2. The molecule has 2 N–H and O–H groups in total. The second-order valence-corrected chi connectivity index (χ2v) is 16.7. The largest absolute Gasteiger partial charge is 0.523 e. The van der Waals surface area contributed by atoms with E-state index >= 15 is 0 Å². The van der Waals surface area contributed by atoms with Crippen LogP contribution >= 0.6 is 15.6 Å². The molecule has 4 unspecified atom stereocenters. The molecule has 4 aliphatic rings. The number of aliphatic hydroxyl groups is 2. The molecule has 0 radical (unpaired) electrons. The van der Waals surface area contributed by atoms with Gasteiger partial charge in [-0.2, -0.15) is 26.0 Å². The zero-order valence-electron chi connectivity index (χ0n) is 29.1. The Hall–Kier alpha value is -0.570. The molecule has 49 heavy (non-hydrogen) atoms. The summed E-state index contributed by atoms with van der Waals surface area (Å²) in [4.78, 5) is 0. The zero-order chi connectivity index (χ0) is 38.1. The topological polar surface area (TPSA) is 192 Å². The van der Waals surface area contributed by atoms with Crippen molar-refractivity contribution in [3.05, 3.63) is 0 Å². The highest BCUT2D eigenvalue weighted by atomic mass is 32.2. The Morgan fingerprint density at radius 3 is 1.41 bits per heavy atom. The Bertz CT molecular complexity index is 1160. The lowest BCUT2D eigenvalue weighted by atomic mass is 10.1. The van der Waals surface area contributed by atoms with E-state index in [0.717, 1.165) is 6.66 Å². The van der Waals surface area contributed by atoms with E-state index in [2.05, 4.69) is 4.18 Å². The number of alkyl halides is 4. The first-order chi connectivity index (χ1) is 22.4. The van der Waals surface area contributed by atoms with Crippen LogP contribution < -0.4 is 0 Å². The van der Waals surface area contributed by atoms with Crippen LogP contribution in [0.25, 0.3) is 0 Å². The van der Waals surface area contributed by atoms with Crippen molar-refractivity contribution in [3.63, 3.8) is 0 Å². The predicted molar refractivity (Wildman–Crippen MR) is 166 cm³/mol. The van der Waals surface area contributed by atoms with Crippen LogP contribution in [0.15, 0.2) is 0 Å². The van der Waals surface area contributed by atoms with E-state index in [1.54, 1.807) is 41.5 Å². The maximum Gasteiger partial charge on any atom is 0.523 e. The summed E-state index contributed by atoms with van der Waals surface area (Å²) in [5, 5.41) is 15.1. The molecule has 4 saturated heterocycles. The van der Waals surface area contributed by atoms with Crippen molar-refractivity contribution in [2.45, 2.75) is 132 Å². The standard InChI is InChI=1S/C12H19F3O8PS.C11H19FO5P.2C2H6O/c1-11(2)21-8-6(20-10(19-3)9(8)22-11)5-7(24(4)16)23-25(17,18)12(13,14)15;1-11(2)16-8-6(5-7(12)18(4)13)15-10(14-3)9(8)17-11;2*1-2-3/h6-10H,5H2,1-4H3;6-10H,5H2,1-4H3;2*3H,2H2,1H3/q2*+1;;/t2*6-,7?,8-,9-,10-;;/m11../s1.